The van der Waals surface area contributed by atoms with E-state index in [9.17, 15) is 0 Å². The number of hydrogen-bond acceptors (Lipinski definition) is 15. The SMILES string of the molecule is CNCCCOc1cccc(OC)c1-c1cc(Nc2cnc(C)cn2)n[nH]1.COc1cccc(OCCCN)c1-c1cc(Nc2cnc(C#N)cn2)n[nH]1.O. The molecule has 0 spiro atoms. The van der Waals surface area contributed by atoms with Crippen molar-refractivity contribution in [2.75, 3.05) is 58.2 Å². The standard InChI is InChI=1S/C19H24N6O2.C18H19N7O2.H2O/c1-13-11-22-18(12-21-13)23-17-10-14(24-25-17)19-15(26-3)6-4-7-16(19)27-9-5-8-20-2;1-26-14-4-2-5-15(27-7-3-6-19)18(14)13-8-16(25-24-13)23-17-11-21-12(9-20)10-22-17;/h4,6-7,10-12,20H,5,8-9H2,1-3H3,(H2,22,23,24,25);2,4-5,8,10-11H,3,6-7,19H2,1H3,(H2,22,23,24,25);1H2. The van der Waals surface area contributed by atoms with E-state index in [4.69, 9.17) is 29.9 Å². The van der Waals surface area contributed by atoms with E-state index >= 15 is 0 Å². The highest BCUT2D eigenvalue weighted by atomic mass is 16.5. The Balaban J connectivity index is 0.000000240. The molecular formula is C37H45N13O5. The van der Waals surface area contributed by atoms with Gasteiger partial charge in [-0.05, 0) is 64.2 Å². The highest BCUT2D eigenvalue weighted by Crippen LogP contribution is 2.39. The molecule has 4 aromatic heterocycles. The second-order valence-electron chi connectivity index (χ2n) is 11.5. The van der Waals surface area contributed by atoms with Crippen molar-refractivity contribution in [3.05, 3.63) is 84.7 Å². The van der Waals surface area contributed by atoms with Crippen LogP contribution in [-0.2, 0) is 0 Å². The van der Waals surface area contributed by atoms with Gasteiger partial charge >= 0.3 is 0 Å². The van der Waals surface area contributed by atoms with Crippen molar-refractivity contribution in [3.8, 4) is 51.6 Å². The van der Waals surface area contributed by atoms with E-state index in [2.05, 4.69) is 56.3 Å². The Hall–Kier alpha value is -6.81. The van der Waals surface area contributed by atoms with Crippen molar-refractivity contribution in [1.82, 2.24) is 45.6 Å². The first-order valence-electron chi connectivity index (χ1n) is 17.1. The second-order valence-corrected chi connectivity index (χ2v) is 11.5. The van der Waals surface area contributed by atoms with E-state index in [-0.39, 0.29) is 11.2 Å². The van der Waals surface area contributed by atoms with Crippen LogP contribution in [0.3, 0.4) is 0 Å². The molecule has 288 valence electrons. The van der Waals surface area contributed by atoms with Crippen LogP contribution in [0.5, 0.6) is 23.0 Å². The minimum Gasteiger partial charge on any atom is -0.496 e. The van der Waals surface area contributed by atoms with Crippen LogP contribution in [0.15, 0.2) is 73.3 Å². The summed E-state index contributed by atoms with van der Waals surface area (Å²) in [6, 6.07) is 16.9. The molecule has 2 aromatic carbocycles. The smallest absolute Gasteiger partial charge is 0.158 e. The summed E-state index contributed by atoms with van der Waals surface area (Å²) in [6.45, 7) is 4.47. The number of methoxy groups -OCH3 is 2. The van der Waals surface area contributed by atoms with Crippen LogP contribution in [0.1, 0.15) is 24.2 Å². The first kappa shape index (κ1) is 41.0. The van der Waals surface area contributed by atoms with E-state index in [1.165, 1.54) is 12.4 Å². The van der Waals surface area contributed by atoms with Crippen molar-refractivity contribution in [2.24, 2.45) is 5.73 Å². The lowest BCUT2D eigenvalue weighted by atomic mass is 10.1. The maximum absolute atomic E-state index is 8.78. The molecule has 6 rings (SSSR count). The van der Waals surface area contributed by atoms with E-state index < -0.39 is 0 Å². The molecule has 0 aliphatic heterocycles. The monoisotopic (exact) mass is 751 g/mol. The predicted molar refractivity (Wildman–Crippen MR) is 208 cm³/mol. The quantitative estimate of drug-likeness (QED) is 0.0709. The molecule has 0 amide bonds. The van der Waals surface area contributed by atoms with Crippen molar-refractivity contribution in [1.29, 1.82) is 5.26 Å². The van der Waals surface area contributed by atoms with Crippen LogP contribution < -0.4 is 40.6 Å². The molecule has 18 heteroatoms. The molecule has 0 radical (unpaired) electrons. The Morgan fingerprint density at radius 3 is 1.69 bits per heavy atom. The molecule has 0 saturated carbocycles. The summed E-state index contributed by atoms with van der Waals surface area (Å²) in [5, 5.41) is 32.6. The van der Waals surface area contributed by atoms with Gasteiger partial charge in [0.15, 0.2) is 17.3 Å². The summed E-state index contributed by atoms with van der Waals surface area (Å²) in [6.07, 6.45) is 7.89. The van der Waals surface area contributed by atoms with Gasteiger partial charge in [0.2, 0.25) is 0 Å². The number of anilines is 4. The number of rotatable bonds is 17. The number of hydrogen-bond donors (Lipinski definition) is 6. The number of benzene rings is 2. The van der Waals surface area contributed by atoms with Gasteiger partial charge in [-0.15, -0.1) is 0 Å². The highest BCUT2D eigenvalue weighted by Gasteiger charge is 2.17. The van der Waals surface area contributed by atoms with Gasteiger partial charge in [-0.25, -0.2) is 15.0 Å². The summed E-state index contributed by atoms with van der Waals surface area (Å²) in [7, 11) is 5.17. The van der Waals surface area contributed by atoms with Crippen molar-refractivity contribution < 1.29 is 24.4 Å². The molecule has 55 heavy (non-hydrogen) atoms. The van der Waals surface area contributed by atoms with Crippen molar-refractivity contribution in [2.45, 2.75) is 19.8 Å². The largest absolute Gasteiger partial charge is 0.496 e. The third-order valence-electron chi connectivity index (χ3n) is 7.60. The minimum atomic E-state index is 0. The topological polar surface area (TPSA) is 263 Å². The molecule has 0 atom stereocenters. The Bertz CT molecular complexity index is 2100. The summed E-state index contributed by atoms with van der Waals surface area (Å²) in [5.74, 6) is 5.08. The van der Waals surface area contributed by atoms with Gasteiger partial charge in [-0.1, -0.05) is 12.1 Å². The fraction of sp³-hybridized carbons (Fsp3) is 0.270. The van der Waals surface area contributed by atoms with E-state index in [0.717, 1.165) is 53.3 Å². The Morgan fingerprint density at radius 2 is 1.24 bits per heavy atom. The molecule has 6 aromatic rings. The molecule has 0 aliphatic rings. The Morgan fingerprint density at radius 1 is 0.709 bits per heavy atom. The number of aryl methyl sites for hydroxylation is 1. The minimum absolute atomic E-state index is 0. The lowest BCUT2D eigenvalue weighted by Crippen LogP contribution is -2.11. The average molecular weight is 752 g/mol. The summed E-state index contributed by atoms with van der Waals surface area (Å²) in [4.78, 5) is 16.6. The molecule has 0 fully saturated rings. The summed E-state index contributed by atoms with van der Waals surface area (Å²) < 4.78 is 22.8. The van der Waals surface area contributed by atoms with E-state index in [1.807, 2.05) is 68.6 Å². The molecule has 9 N–H and O–H groups in total. The molecule has 0 unspecified atom stereocenters. The van der Waals surface area contributed by atoms with Crippen molar-refractivity contribution >= 4 is 23.3 Å². The van der Waals surface area contributed by atoms with Gasteiger partial charge in [-0.2, -0.15) is 15.5 Å². The number of nitrogens with one attached hydrogen (secondary N) is 5. The van der Waals surface area contributed by atoms with Crippen LogP contribution >= 0.6 is 0 Å². The predicted octanol–water partition coefficient (Wildman–Crippen LogP) is 4.31. The fourth-order valence-electron chi connectivity index (χ4n) is 5.03. The van der Waals surface area contributed by atoms with Crippen LogP contribution in [0.25, 0.3) is 22.5 Å². The third-order valence-corrected chi connectivity index (χ3v) is 7.60. The van der Waals surface area contributed by atoms with Crippen LogP contribution in [0.2, 0.25) is 0 Å². The number of nitrogens with zero attached hydrogens (tertiary/aromatic N) is 7. The zero-order chi connectivity index (χ0) is 38.1. The van der Waals surface area contributed by atoms with Gasteiger partial charge in [0.25, 0.3) is 0 Å². The lowest BCUT2D eigenvalue weighted by molar-refractivity contribution is 0.309. The molecule has 0 saturated heterocycles. The average Bonchev–Trinajstić information content (AvgIpc) is 3.87. The van der Waals surface area contributed by atoms with E-state index in [1.54, 1.807) is 26.6 Å². The molecular weight excluding hydrogens is 706 g/mol. The first-order chi connectivity index (χ1) is 26.5. The number of nitrogens with two attached hydrogens (primary N) is 1. The van der Waals surface area contributed by atoms with Gasteiger partial charge < -0.3 is 46.1 Å². The van der Waals surface area contributed by atoms with Gasteiger partial charge in [0.1, 0.15) is 40.7 Å². The molecule has 4 heterocycles. The van der Waals surface area contributed by atoms with Crippen LogP contribution in [0, 0.1) is 18.3 Å². The molecule has 0 bridgehead atoms. The second kappa shape index (κ2) is 21.0. The summed E-state index contributed by atoms with van der Waals surface area (Å²) >= 11 is 0. The summed E-state index contributed by atoms with van der Waals surface area (Å²) in [5.41, 5.74) is 9.75. The lowest BCUT2D eigenvalue weighted by Gasteiger charge is -2.13. The normalized spacial score (nSPS) is 10.3. The first-order valence-corrected chi connectivity index (χ1v) is 17.1. The number of aromatic amines is 2. The van der Waals surface area contributed by atoms with Gasteiger partial charge in [-0.3, -0.25) is 15.2 Å². The molecule has 0 aliphatic carbocycles. The molecule has 18 nitrogen and oxygen atoms in total. The number of ether oxygens (including phenoxy) is 4. The Kier molecular flexibility index (Phi) is 15.7. The maximum Gasteiger partial charge on any atom is 0.158 e. The van der Waals surface area contributed by atoms with Gasteiger partial charge in [0.05, 0.1) is 80.4 Å². The highest BCUT2D eigenvalue weighted by molar-refractivity contribution is 5.77. The number of aromatic nitrogens is 8. The Labute approximate surface area is 318 Å². The fourth-order valence-corrected chi connectivity index (χ4v) is 5.03. The number of nitriles is 1. The van der Waals surface area contributed by atoms with Crippen molar-refractivity contribution in [3.63, 3.8) is 0 Å². The zero-order valence-electron chi connectivity index (χ0n) is 31.0. The third kappa shape index (κ3) is 11.3. The maximum atomic E-state index is 8.78. The van der Waals surface area contributed by atoms with Gasteiger partial charge in [0, 0.05) is 12.1 Å². The van der Waals surface area contributed by atoms with Crippen LogP contribution in [0.4, 0.5) is 23.3 Å². The van der Waals surface area contributed by atoms with Crippen LogP contribution in [-0.4, -0.2) is 93.4 Å². The number of H-pyrrole nitrogens is 2. The zero-order valence-corrected chi connectivity index (χ0v) is 31.0. The van der Waals surface area contributed by atoms with E-state index in [0.29, 0.717) is 60.3 Å².